The second kappa shape index (κ2) is 9.99. The molecule has 0 amide bonds. The van der Waals surface area contributed by atoms with E-state index in [-0.39, 0.29) is 69.7 Å². The van der Waals surface area contributed by atoms with E-state index in [9.17, 15) is 14.4 Å². The number of fused-ring (bicyclic) bond motifs is 3. The number of epoxide rings is 1. The molecule has 44 heavy (non-hydrogen) atoms. The molecule has 8 nitrogen and oxygen atoms in total. The topological polar surface area (TPSA) is 108 Å². The number of aldehydes is 1. The normalized spacial score (nSPS) is 22.6. The van der Waals surface area contributed by atoms with E-state index in [1.165, 1.54) is 0 Å². The molecule has 3 atom stereocenters. The van der Waals surface area contributed by atoms with Gasteiger partial charge in [-0.1, -0.05) is 60.7 Å². The molecule has 220 valence electrons. The molecule has 10 heteroatoms. The van der Waals surface area contributed by atoms with Crippen LogP contribution in [0.1, 0.15) is 59.9 Å². The van der Waals surface area contributed by atoms with E-state index in [1.807, 2.05) is 60.7 Å². The van der Waals surface area contributed by atoms with E-state index >= 15 is 4.39 Å². The number of halogens is 2. The van der Waals surface area contributed by atoms with E-state index in [0.29, 0.717) is 36.2 Å². The van der Waals surface area contributed by atoms with Crippen LogP contribution in [0.15, 0.2) is 81.0 Å². The van der Waals surface area contributed by atoms with Gasteiger partial charge in [0.1, 0.15) is 30.3 Å². The molecule has 3 aliphatic carbocycles. The molecule has 8 rings (SSSR count). The lowest BCUT2D eigenvalue weighted by Crippen LogP contribution is -2.44. The second-order valence-electron chi connectivity index (χ2n) is 11.5. The number of rotatable bonds is 7. The van der Waals surface area contributed by atoms with E-state index in [4.69, 9.17) is 18.7 Å². The summed E-state index contributed by atoms with van der Waals surface area (Å²) in [5, 5.41) is 4.05. The van der Waals surface area contributed by atoms with Crippen molar-refractivity contribution in [3.05, 3.63) is 121 Å². The van der Waals surface area contributed by atoms with Gasteiger partial charge < -0.3 is 18.7 Å². The molecule has 2 heterocycles. The lowest BCUT2D eigenvalue weighted by molar-refractivity contribution is 0.0734. The number of carbonyl (C=O) groups excluding carboxylic acids is 3. The van der Waals surface area contributed by atoms with Crippen LogP contribution in [0.25, 0.3) is 0 Å². The lowest BCUT2D eigenvalue weighted by Gasteiger charge is -2.35. The van der Waals surface area contributed by atoms with Gasteiger partial charge in [0.15, 0.2) is 23.6 Å². The third-order valence-electron chi connectivity index (χ3n) is 9.03. The molecule has 0 saturated carbocycles. The smallest absolute Gasteiger partial charge is 0.265 e. The van der Waals surface area contributed by atoms with Crippen LogP contribution in [0.5, 0.6) is 11.6 Å². The van der Waals surface area contributed by atoms with Gasteiger partial charge in [0.2, 0.25) is 11.4 Å². The zero-order chi connectivity index (χ0) is 30.2. The summed E-state index contributed by atoms with van der Waals surface area (Å²) in [4.78, 5) is 40.3. The average Bonchev–Trinajstić information content (AvgIpc) is 3.67. The van der Waals surface area contributed by atoms with Crippen molar-refractivity contribution in [1.82, 2.24) is 5.16 Å². The van der Waals surface area contributed by atoms with Crippen molar-refractivity contribution < 1.29 is 37.5 Å². The van der Waals surface area contributed by atoms with Gasteiger partial charge in [-0.25, -0.2) is 4.39 Å². The first-order valence-corrected chi connectivity index (χ1v) is 15.1. The zero-order valence-corrected chi connectivity index (χ0v) is 24.7. The highest BCUT2D eigenvalue weighted by molar-refractivity contribution is 9.10. The largest absolute Gasteiger partial charge is 0.487 e. The standard InChI is InChI=1S/C34H23BrFNO7/c35-27-22(14-38)28(36)21-12-19-11-20-13-23-26(33(37-44-23)42-16-18-9-5-2-6-10-18)31(40)34(20)32(43-34)24(19)29(39)25(21)30(27)41-15-17-7-3-1-4-8-17/h1-10,14,19-20H,11-13,15-16H2/t19?,20-,34+/m0/s1. The Morgan fingerprint density at radius 1 is 0.977 bits per heavy atom. The Morgan fingerprint density at radius 3 is 2.34 bits per heavy atom. The summed E-state index contributed by atoms with van der Waals surface area (Å²) in [6, 6.07) is 18.8. The maximum Gasteiger partial charge on any atom is 0.265 e. The molecule has 0 N–H and O–H groups in total. The van der Waals surface area contributed by atoms with Gasteiger partial charge in [-0.2, -0.15) is 0 Å². The molecular weight excluding hydrogens is 633 g/mol. The van der Waals surface area contributed by atoms with Crippen molar-refractivity contribution in [2.45, 2.75) is 38.1 Å². The van der Waals surface area contributed by atoms with Crippen LogP contribution in [0.4, 0.5) is 4.39 Å². The first kappa shape index (κ1) is 27.0. The van der Waals surface area contributed by atoms with Gasteiger partial charge in [-0.15, -0.1) is 0 Å². The van der Waals surface area contributed by atoms with Crippen LogP contribution in [0.3, 0.4) is 0 Å². The number of allylic oxidation sites excluding steroid dienone is 1. The summed E-state index contributed by atoms with van der Waals surface area (Å²) >= 11 is 3.32. The van der Waals surface area contributed by atoms with Crippen LogP contribution in [0.2, 0.25) is 0 Å². The average molecular weight is 656 g/mol. The first-order valence-electron chi connectivity index (χ1n) is 14.3. The van der Waals surface area contributed by atoms with Gasteiger partial charge in [0.25, 0.3) is 5.88 Å². The highest BCUT2D eigenvalue weighted by Gasteiger charge is 2.72. The first-order chi connectivity index (χ1) is 21.4. The van der Waals surface area contributed by atoms with Gasteiger partial charge in [0.05, 0.1) is 15.6 Å². The molecule has 3 aromatic carbocycles. The number of ether oxygens (including phenoxy) is 3. The fourth-order valence-electron chi connectivity index (χ4n) is 6.93. The number of Topliss-reactive ketones (excluding diaryl/α,β-unsaturated/α-hetero) is 2. The zero-order valence-electron chi connectivity index (χ0n) is 23.1. The summed E-state index contributed by atoms with van der Waals surface area (Å²) in [6.45, 7) is 0.298. The Balaban J connectivity index is 1.17. The summed E-state index contributed by atoms with van der Waals surface area (Å²) in [5.74, 6) is -1.40. The highest BCUT2D eigenvalue weighted by Crippen LogP contribution is 2.63. The van der Waals surface area contributed by atoms with Crippen LogP contribution < -0.4 is 9.47 Å². The number of nitrogens with zero attached hydrogens (tertiary/aromatic N) is 1. The Hall–Kier alpha value is -4.57. The van der Waals surface area contributed by atoms with Crippen LogP contribution >= 0.6 is 15.9 Å². The number of benzene rings is 3. The molecule has 1 unspecified atom stereocenters. The van der Waals surface area contributed by atoms with E-state index in [1.54, 1.807) is 0 Å². The van der Waals surface area contributed by atoms with Gasteiger partial charge in [0, 0.05) is 23.5 Å². The molecule has 4 aromatic rings. The Bertz CT molecular complexity index is 1920. The minimum atomic E-state index is -1.31. The van der Waals surface area contributed by atoms with Gasteiger partial charge >= 0.3 is 0 Å². The van der Waals surface area contributed by atoms with Crippen molar-refractivity contribution in [1.29, 1.82) is 0 Å². The monoisotopic (exact) mass is 655 g/mol. The van der Waals surface area contributed by atoms with Crippen LogP contribution in [-0.2, 0) is 30.8 Å². The minimum absolute atomic E-state index is 0.0413. The molecule has 1 spiro atoms. The summed E-state index contributed by atoms with van der Waals surface area (Å²) in [7, 11) is 0. The number of aromatic nitrogens is 1. The van der Waals surface area contributed by atoms with Crippen molar-refractivity contribution >= 4 is 33.8 Å². The quantitative estimate of drug-likeness (QED) is 0.167. The molecular formula is C34H23BrFNO7. The minimum Gasteiger partial charge on any atom is -0.487 e. The predicted octanol–water partition coefficient (Wildman–Crippen LogP) is 6.38. The van der Waals surface area contributed by atoms with Crippen molar-refractivity contribution in [3.63, 3.8) is 0 Å². The third-order valence-corrected chi connectivity index (χ3v) is 9.82. The SMILES string of the molecule is O=Cc1c(F)c2c(c(OCc3ccccc3)c1Br)C(=O)C1=C3O[C@]34C(=O)c3c(OCc5ccccc5)noc3C[C@@H]4CC1C2. The summed E-state index contributed by atoms with van der Waals surface area (Å²) in [5.41, 5.74) is 0.972. The van der Waals surface area contributed by atoms with Crippen LogP contribution in [0, 0.1) is 17.7 Å². The van der Waals surface area contributed by atoms with Crippen LogP contribution in [-0.4, -0.2) is 28.6 Å². The van der Waals surface area contributed by atoms with Crippen molar-refractivity contribution in [2.24, 2.45) is 11.8 Å². The van der Waals surface area contributed by atoms with Gasteiger partial charge in [-0.05, 0) is 51.0 Å². The molecule has 4 aliphatic rings. The Morgan fingerprint density at radius 2 is 1.66 bits per heavy atom. The molecule has 1 saturated heterocycles. The molecule has 1 aliphatic heterocycles. The molecule has 1 fully saturated rings. The summed E-state index contributed by atoms with van der Waals surface area (Å²) < 4.78 is 39.5. The highest BCUT2D eigenvalue weighted by atomic mass is 79.9. The summed E-state index contributed by atoms with van der Waals surface area (Å²) in [6.07, 6.45) is 1.32. The number of carbonyl (C=O) groups is 3. The predicted molar refractivity (Wildman–Crippen MR) is 156 cm³/mol. The fraction of sp³-hybridized carbons (Fsp3) is 0.235. The Labute approximate surface area is 258 Å². The second-order valence-corrected chi connectivity index (χ2v) is 12.2. The van der Waals surface area contributed by atoms with Gasteiger partial charge in [-0.3, -0.25) is 14.4 Å². The maximum absolute atomic E-state index is 15.8. The lowest BCUT2D eigenvalue weighted by atomic mass is 9.63. The Kier molecular flexibility index (Phi) is 6.13. The molecule has 0 bridgehead atoms. The number of hydrogen-bond acceptors (Lipinski definition) is 8. The maximum atomic E-state index is 15.8. The molecule has 1 aromatic heterocycles. The van der Waals surface area contributed by atoms with E-state index in [0.717, 1.165) is 11.1 Å². The van der Waals surface area contributed by atoms with Crippen molar-refractivity contribution in [2.75, 3.05) is 0 Å². The number of ketones is 2. The van der Waals surface area contributed by atoms with E-state index in [2.05, 4.69) is 21.1 Å². The fourth-order valence-corrected chi connectivity index (χ4v) is 7.51. The van der Waals surface area contributed by atoms with Crippen molar-refractivity contribution in [3.8, 4) is 11.6 Å². The third kappa shape index (κ3) is 3.86. The van der Waals surface area contributed by atoms with E-state index < -0.39 is 23.1 Å². The number of hydrogen-bond donors (Lipinski definition) is 0. The molecule has 0 radical (unpaired) electrons.